The van der Waals surface area contributed by atoms with E-state index in [2.05, 4.69) is 15.4 Å². The fraction of sp³-hybridized carbons (Fsp3) is 0.136. The molecule has 0 atom stereocenters. The first kappa shape index (κ1) is 18.6. The number of nitrogens with one attached hydrogen (secondary N) is 1. The summed E-state index contributed by atoms with van der Waals surface area (Å²) in [4.78, 5) is 17.7. The van der Waals surface area contributed by atoms with Gasteiger partial charge in [0.2, 0.25) is 0 Å². The van der Waals surface area contributed by atoms with Crippen LogP contribution >= 0.6 is 0 Å². The number of halogens is 1. The molecule has 4 aromatic rings. The number of methoxy groups -OCH3 is 1. The fourth-order valence-corrected chi connectivity index (χ4v) is 3.32. The number of anilines is 1. The molecule has 0 unspecified atom stereocenters. The lowest BCUT2D eigenvalue weighted by Gasteiger charge is -2.11. The normalized spacial score (nSPS) is 10.9. The second-order valence-corrected chi connectivity index (χ2v) is 6.64. The van der Waals surface area contributed by atoms with Gasteiger partial charge in [0.05, 0.1) is 35.1 Å². The van der Waals surface area contributed by atoms with Gasteiger partial charge in [-0.2, -0.15) is 5.10 Å². The molecular formula is C22H19FN4O2. The first-order valence-corrected chi connectivity index (χ1v) is 9.05. The third kappa shape index (κ3) is 3.42. The van der Waals surface area contributed by atoms with E-state index in [1.54, 1.807) is 56.0 Å². The molecule has 0 aliphatic carbocycles. The molecule has 2 heterocycles. The standard InChI is InChI=1S/C22H19FN4O2/c1-13-11-17(22(28)25-18-9-4-5-10-19(18)29-3)20-14(2)26-27(21(20)24-13)16-8-6-7-15(23)12-16/h4-12H,1-3H3,(H,25,28). The van der Waals surface area contributed by atoms with Crippen molar-refractivity contribution in [1.82, 2.24) is 14.8 Å². The van der Waals surface area contributed by atoms with Crippen molar-refractivity contribution in [3.8, 4) is 11.4 Å². The molecule has 0 saturated heterocycles. The van der Waals surface area contributed by atoms with Gasteiger partial charge in [0.1, 0.15) is 11.6 Å². The van der Waals surface area contributed by atoms with Gasteiger partial charge in [-0.3, -0.25) is 4.79 Å². The van der Waals surface area contributed by atoms with Crippen LogP contribution in [0, 0.1) is 19.7 Å². The average Bonchev–Trinajstić information content (AvgIpc) is 3.04. The van der Waals surface area contributed by atoms with E-state index in [1.165, 1.54) is 12.1 Å². The molecule has 2 aromatic heterocycles. The maximum atomic E-state index is 13.7. The van der Waals surface area contributed by atoms with Gasteiger partial charge in [-0.15, -0.1) is 0 Å². The van der Waals surface area contributed by atoms with E-state index in [1.807, 2.05) is 12.1 Å². The van der Waals surface area contributed by atoms with Crippen LogP contribution in [0.3, 0.4) is 0 Å². The van der Waals surface area contributed by atoms with Crippen molar-refractivity contribution in [2.24, 2.45) is 0 Å². The molecule has 0 aliphatic rings. The molecule has 0 aliphatic heterocycles. The smallest absolute Gasteiger partial charge is 0.256 e. The summed E-state index contributed by atoms with van der Waals surface area (Å²) in [6.07, 6.45) is 0. The van der Waals surface area contributed by atoms with Gasteiger partial charge in [0.15, 0.2) is 5.65 Å². The molecule has 0 saturated carbocycles. The van der Waals surface area contributed by atoms with Crippen molar-refractivity contribution in [2.75, 3.05) is 12.4 Å². The number of aromatic nitrogens is 3. The van der Waals surface area contributed by atoms with Crippen LogP contribution in [0.25, 0.3) is 16.7 Å². The van der Waals surface area contributed by atoms with Crippen molar-refractivity contribution in [1.29, 1.82) is 0 Å². The zero-order chi connectivity index (χ0) is 20.5. The first-order valence-electron chi connectivity index (χ1n) is 9.05. The second kappa shape index (κ2) is 7.35. The Hall–Kier alpha value is -3.74. The van der Waals surface area contributed by atoms with Crippen LogP contribution in [0.5, 0.6) is 5.75 Å². The maximum Gasteiger partial charge on any atom is 0.256 e. The summed E-state index contributed by atoms with van der Waals surface area (Å²) in [6.45, 7) is 3.60. The van der Waals surface area contributed by atoms with Crippen molar-refractivity contribution in [3.63, 3.8) is 0 Å². The molecule has 0 spiro atoms. The van der Waals surface area contributed by atoms with Crippen LogP contribution < -0.4 is 10.1 Å². The number of aryl methyl sites for hydroxylation is 2. The van der Waals surface area contributed by atoms with E-state index in [0.717, 1.165) is 0 Å². The lowest BCUT2D eigenvalue weighted by Crippen LogP contribution is -2.14. The van der Waals surface area contributed by atoms with Gasteiger partial charge in [-0.1, -0.05) is 18.2 Å². The number of hydrogen-bond acceptors (Lipinski definition) is 4. The molecule has 29 heavy (non-hydrogen) atoms. The third-order valence-electron chi connectivity index (χ3n) is 4.59. The van der Waals surface area contributed by atoms with E-state index < -0.39 is 0 Å². The van der Waals surface area contributed by atoms with Crippen molar-refractivity contribution < 1.29 is 13.9 Å². The van der Waals surface area contributed by atoms with Crippen molar-refractivity contribution >= 4 is 22.6 Å². The number of rotatable bonds is 4. The molecule has 7 heteroatoms. The van der Waals surface area contributed by atoms with Crippen LogP contribution in [0.2, 0.25) is 0 Å². The van der Waals surface area contributed by atoms with Crippen LogP contribution in [0.15, 0.2) is 54.6 Å². The number of pyridine rings is 1. The minimum atomic E-state index is -0.370. The highest BCUT2D eigenvalue weighted by Crippen LogP contribution is 2.28. The number of carbonyl (C=O) groups is 1. The summed E-state index contributed by atoms with van der Waals surface area (Å²) in [7, 11) is 1.55. The number of carbonyl (C=O) groups excluding carboxylic acids is 1. The van der Waals surface area contributed by atoms with E-state index in [-0.39, 0.29) is 11.7 Å². The summed E-state index contributed by atoms with van der Waals surface area (Å²) in [6, 6.07) is 15.0. The molecule has 6 nitrogen and oxygen atoms in total. The average molecular weight is 390 g/mol. The van der Waals surface area contributed by atoms with Gasteiger partial charge >= 0.3 is 0 Å². The predicted octanol–water partition coefficient (Wildman–Crippen LogP) is 4.44. The monoisotopic (exact) mass is 390 g/mol. The van der Waals surface area contributed by atoms with Crippen LogP contribution in [0.4, 0.5) is 10.1 Å². The Bertz CT molecular complexity index is 1230. The maximum absolute atomic E-state index is 13.7. The highest BCUT2D eigenvalue weighted by Gasteiger charge is 2.20. The molecule has 146 valence electrons. The quantitative estimate of drug-likeness (QED) is 0.559. The minimum Gasteiger partial charge on any atom is -0.495 e. The summed E-state index contributed by atoms with van der Waals surface area (Å²) in [5.41, 5.74) is 3.33. The molecule has 0 bridgehead atoms. The van der Waals surface area contributed by atoms with Gasteiger partial charge < -0.3 is 10.1 Å². The number of benzene rings is 2. The van der Waals surface area contributed by atoms with Gasteiger partial charge in [0.25, 0.3) is 5.91 Å². The lowest BCUT2D eigenvalue weighted by atomic mass is 10.1. The third-order valence-corrected chi connectivity index (χ3v) is 4.59. The molecular weight excluding hydrogens is 371 g/mol. The molecule has 2 aromatic carbocycles. The summed E-state index contributed by atoms with van der Waals surface area (Å²) >= 11 is 0. The molecule has 0 radical (unpaired) electrons. The zero-order valence-corrected chi connectivity index (χ0v) is 16.2. The molecule has 4 rings (SSSR count). The highest BCUT2D eigenvalue weighted by atomic mass is 19.1. The predicted molar refractivity (Wildman–Crippen MR) is 109 cm³/mol. The van der Waals surface area contributed by atoms with E-state index in [4.69, 9.17) is 4.74 Å². The molecule has 1 amide bonds. The number of para-hydroxylation sites is 2. The molecule has 1 N–H and O–H groups in total. The van der Waals surface area contributed by atoms with Crippen molar-refractivity contribution in [3.05, 3.63) is 77.4 Å². The van der Waals surface area contributed by atoms with Crippen LogP contribution in [0.1, 0.15) is 21.7 Å². The SMILES string of the molecule is COc1ccccc1NC(=O)c1cc(C)nc2c1c(C)nn2-c1cccc(F)c1. The second-order valence-electron chi connectivity index (χ2n) is 6.64. The Morgan fingerprint density at radius 2 is 1.90 bits per heavy atom. The Morgan fingerprint density at radius 1 is 1.10 bits per heavy atom. The van der Waals surface area contributed by atoms with Crippen molar-refractivity contribution in [2.45, 2.75) is 13.8 Å². The number of ether oxygens (including phenoxy) is 1. The number of nitrogens with zero attached hydrogens (tertiary/aromatic N) is 3. The first-order chi connectivity index (χ1) is 14.0. The summed E-state index contributed by atoms with van der Waals surface area (Å²) in [5, 5.41) is 8.02. The summed E-state index contributed by atoms with van der Waals surface area (Å²) in [5.74, 6) is -0.104. The molecule has 0 fully saturated rings. The summed E-state index contributed by atoms with van der Waals surface area (Å²) < 4.78 is 20.6. The lowest BCUT2D eigenvalue weighted by molar-refractivity contribution is 0.102. The van der Waals surface area contributed by atoms with Crippen LogP contribution in [-0.2, 0) is 0 Å². The zero-order valence-electron chi connectivity index (χ0n) is 16.2. The van der Waals surface area contributed by atoms with E-state index in [0.29, 0.717) is 45.1 Å². The number of amides is 1. The Kier molecular flexibility index (Phi) is 4.72. The largest absolute Gasteiger partial charge is 0.495 e. The number of hydrogen-bond donors (Lipinski definition) is 1. The van der Waals surface area contributed by atoms with Crippen LogP contribution in [-0.4, -0.2) is 27.8 Å². The Morgan fingerprint density at radius 3 is 2.66 bits per heavy atom. The Balaban J connectivity index is 1.84. The van der Waals surface area contributed by atoms with E-state index in [9.17, 15) is 9.18 Å². The minimum absolute atomic E-state index is 0.299. The van der Waals surface area contributed by atoms with Gasteiger partial charge in [-0.05, 0) is 50.2 Å². The number of fused-ring (bicyclic) bond motifs is 1. The topological polar surface area (TPSA) is 69.0 Å². The van der Waals surface area contributed by atoms with Gasteiger partial charge in [-0.25, -0.2) is 14.1 Å². The highest BCUT2D eigenvalue weighted by molar-refractivity contribution is 6.13. The van der Waals surface area contributed by atoms with E-state index >= 15 is 0 Å². The Labute approximate surface area is 167 Å². The fourth-order valence-electron chi connectivity index (χ4n) is 3.32. The van der Waals surface area contributed by atoms with Gasteiger partial charge in [0, 0.05) is 5.69 Å².